The van der Waals surface area contributed by atoms with Gasteiger partial charge in [-0.2, -0.15) is 5.10 Å². The fourth-order valence-corrected chi connectivity index (χ4v) is 1.68. The highest BCUT2D eigenvalue weighted by molar-refractivity contribution is 7.89. The van der Waals surface area contributed by atoms with Crippen LogP contribution < -0.4 is 10.6 Å². The number of anilines is 1. The maximum Gasteiger partial charge on any atom is 0.370 e. The molecule has 104 valence electrons. The van der Waals surface area contributed by atoms with E-state index in [2.05, 4.69) is 15.3 Å². The first-order valence-electron chi connectivity index (χ1n) is 5.13. The van der Waals surface area contributed by atoms with Crippen LogP contribution in [0.1, 0.15) is 6.92 Å². The van der Waals surface area contributed by atoms with Gasteiger partial charge in [0, 0.05) is 0 Å². The number of rotatable bonds is 5. The van der Waals surface area contributed by atoms with E-state index in [1.807, 2.05) is 0 Å². The van der Waals surface area contributed by atoms with E-state index >= 15 is 0 Å². The first-order valence-corrected chi connectivity index (χ1v) is 7.06. The zero-order valence-electron chi connectivity index (χ0n) is 9.96. The van der Waals surface area contributed by atoms with Crippen molar-refractivity contribution < 1.29 is 17.9 Å². The first-order chi connectivity index (χ1) is 8.84. The molecule has 0 bridgehead atoms. The van der Waals surface area contributed by atoms with Crippen LogP contribution >= 0.6 is 11.6 Å². The highest BCUT2D eigenvalue weighted by Gasteiger charge is 2.09. The van der Waals surface area contributed by atoms with Gasteiger partial charge in [-0.3, -0.25) is 5.43 Å². The maximum absolute atomic E-state index is 11.1. The smallest absolute Gasteiger partial charge is 0.370 e. The summed E-state index contributed by atoms with van der Waals surface area (Å²) in [6.45, 7) is 1.83. The van der Waals surface area contributed by atoms with Crippen molar-refractivity contribution >= 4 is 38.5 Å². The number of esters is 1. The first kappa shape index (κ1) is 15.4. The molecule has 0 saturated heterocycles. The number of nitrogens with zero attached hydrogens (tertiary/aromatic N) is 1. The number of nitrogens with two attached hydrogens (primary N) is 1. The Balaban J connectivity index is 2.74. The van der Waals surface area contributed by atoms with Crippen LogP contribution in [0.3, 0.4) is 0 Å². The molecule has 0 aliphatic carbocycles. The van der Waals surface area contributed by atoms with Gasteiger partial charge in [0.05, 0.1) is 17.2 Å². The molecule has 7 nitrogen and oxygen atoms in total. The lowest BCUT2D eigenvalue weighted by Gasteiger charge is -2.03. The molecule has 0 aliphatic heterocycles. The molecule has 0 fully saturated rings. The van der Waals surface area contributed by atoms with Gasteiger partial charge in [-0.1, -0.05) is 11.6 Å². The van der Waals surface area contributed by atoms with Gasteiger partial charge in [0.25, 0.3) is 0 Å². The van der Waals surface area contributed by atoms with Crippen molar-refractivity contribution in [3.05, 3.63) is 24.3 Å². The number of carbonyl (C=O) groups is 1. The van der Waals surface area contributed by atoms with Gasteiger partial charge < -0.3 is 4.74 Å². The maximum atomic E-state index is 11.1. The van der Waals surface area contributed by atoms with Crippen LogP contribution in [0.2, 0.25) is 0 Å². The van der Waals surface area contributed by atoms with Crippen molar-refractivity contribution in [3.8, 4) is 0 Å². The molecule has 0 radical (unpaired) electrons. The van der Waals surface area contributed by atoms with Crippen LogP contribution in [0.25, 0.3) is 0 Å². The van der Waals surface area contributed by atoms with Crippen LogP contribution in [-0.4, -0.2) is 26.2 Å². The molecule has 0 aromatic heterocycles. The van der Waals surface area contributed by atoms with E-state index in [0.29, 0.717) is 5.69 Å². The van der Waals surface area contributed by atoms with Gasteiger partial charge >= 0.3 is 5.97 Å². The Hall–Kier alpha value is -1.64. The number of benzene rings is 1. The van der Waals surface area contributed by atoms with Crippen LogP contribution in [-0.2, 0) is 19.6 Å². The average molecular weight is 306 g/mol. The lowest BCUT2D eigenvalue weighted by molar-refractivity contribution is -0.134. The standard InChI is InChI=1S/C10H12ClN3O4S/c1-2-18-10(15)9(11)14-13-7-3-5-8(6-4-7)19(12,16)17/h3-6,13H,2H2,1H3,(H2,12,16,17). The number of ether oxygens (including phenoxy) is 1. The van der Waals surface area contributed by atoms with Crippen molar-refractivity contribution in [3.63, 3.8) is 0 Å². The van der Waals surface area contributed by atoms with E-state index in [1.54, 1.807) is 6.92 Å². The summed E-state index contributed by atoms with van der Waals surface area (Å²) in [5.74, 6) is -0.752. The van der Waals surface area contributed by atoms with Gasteiger partial charge in [0.15, 0.2) is 0 Å². The summed E-state index contributed by atoms with van der Waals surface area (Å²) in [6, 6.07) is 5.45. The summed E-state index contributed by atoms with van der Waals surface area (Å²) in [6.07, 6.45) is 0. The van der Waals surface area contributed by atoms with Gasteiger partial charge in [-0.15, -0.1) is 0 Å². The number of nitrogens with one attached hydrogen (secondary N) is 1. The van der Waals surface area contributed by atoms with Crippen LogP contribution in [0.4, 0.5) is 5.69 Å². The third kappa shape index (κ3) is 4.86. The zero-order valence-corrected chi connectivity index (χ0v) is 11.5. The molecule has 1 aromatic rings. The van der Waals surface area contributed by atoms with E-state index < -0.39 is 16.0 Å². The van der Waals surface area contributed by atoms with Crippen molar-refractivity contribution in [1.29, 1.82) is 0 Å². The summed E-state index contributed by atoms with van der Waals surface area (Å²) in [7, 11) is -3.74. The summed E-state index contributed by atoms with van der Waals surface area (Å²) < 4.78 is 26.7. The normalized spacial score (nSPS) is 12.1. The second-order valence-corrected chi connectivity index (χ2v) is 5.22. The number of sulfonamides is 1. The topological polar surface area (TPSA) is 111 Å². The third-order valence-electron chi connectivity index (χ3n) is 1.91. The zero-order chi connectivity index (χ0) is 14.5. The molecule has 1 rings (SSSR count). The van der Waals surface area contributed by atoms with Gasteiger partial charge in [-0.05, 0) is 31.2 Å². The largest absolute Gasteiger partial charge is 0.461 e. The van der Waals surface area contributed by atoms with Gasteiger partial charge in [-0.25, -0.2) is 18.4 Å². The number of primary sulfonamides is 1. The molecule has 1 aromatic carbocycles. The third-order valence-corrected chi connectivity index (χ3v) is 3.08. The lowest BCUT2D eigenvalue weighted by Crippen LogP contribution is -2.13. The minimum atomic E-state index is -3.74. The predicted molar refractivity (Wildman–Crippen MR) is 71.4 cm³/mol. The molecule has 0 heterocycles. The summed E-state index contributed by atoms with van der Waals surface area (Å²) in [5, 5.41) is 8.16. The number of hydrogen-bond acceptors (Lipinski definition) is 6. The second kappa shape index (κ2) is 6.50. The summed E-state index contributed by atoms with van der Waals surface area (Å²) >= 11 is 5.56. The number of hydrazone groups is 1. The van der Waals surface area contributed by atoms with Gasteiger partial charge in [0.1, 0.15) is 0 Å². The van der Waals surface area contributed by atoms with Gasteiger partial charge in [0.2, 0.25) is 15.2 Å². The molecule has 0 spiro atoms. The predicted octanol–water partition coefficient (Wildman–Crippen LogP) is 0.861. The molecular weight excluding hydrogens is 294 g/mol. The molecule has 19 heavy (non-hydrogen) atoms. The fraction of sp³-hybridized carbons (Fsp3) is 0.200. The van der Waals surface area contributed by atoms with E-state index in [-0.39, 0.29) is 16.7 Å². The SMILES string of the molecule is CCOC(=O)C(Cl)=NNc1ccc(S(N)(=O)=O)cc1. The van der Waals surface area contributed by atoms with Crippen LogP contribution in [0.5, 0.6) is 0 Å². The van der Waals surface area contributed by atoms with Crippen molar-refractivity contribution in [1.82, 2.24) is 0 Å². The quantitative estimate of drug-likeness (QED) is 0.476. The highest BCUT2D eigenvalue weighted by Crippen LogP contribution is 2.12. The van der Waals surface area contributed by atoms with Crippen LogP contribution in [0.15, 0.2) is 34.3 Å². The Morgan fingerprint density at radius 2 is 2.00 bits per heavy atom. The fourth-order valence-electron chi connectivity index (χ4n) is 1.07. The molecule has 3 N–H and O–H groups in total. The number of hydrogen-bond donors (Lipinski definition) is 2. The monoisotopic (exact) mass is 305 g/mol. The minimum Gasteiger partial charge on any atom is -0.461 e. The molecule has 0 aliphatic rings. The summed E-state index contributed by atoms with van der Waals surface area (Å²) in [5.41, 5.74) is 2.92. The van der Waals surface area contributed by atoms with E-state index in [9.17, 15) is 13.2 Å². The molecule has 0 saturated carbocycles. The van der Waals surface area contributed by atoms with Crippen molar-refractivity contribution in [2.45, 2.75) is 11.8 Å². The van der Waals surface area contributed by atoms with Crippen LogP contribution in [0, 0.1) is 0 Å². The molecule has 9 heteroatoms. The van der Waals surface area contributed by atoms with Crippen molar-refractivity contribution in [2.75, 3.05) is 12.0 Å². The Morgan fingerprint density at radius 3 is 2.47 bits per heavy atom. The highest BCUT2D eigenvalue weighted by atomic mass is 35.5. The molecule has 0 amide bonds. The average Bonchev–Trinajstić information content (AvgIpc) is 2.35. The Morgan fingerprint density at radius 1 is 1.42 bits per heavy atom. The number of halogens is 1. The lowest BCUT2D eigenvalue weighted by atomic mass is 10.3. The molecule has 0 unspecified atom stereocenters. The second-order valence-electron chi connectivity index (χ2n) is 3.30. The van der Waals surface area contributed by atoms with E-state index in [4.69, 9.17) is 16.7 Å². The Kier molecular flexibility index (Phi) is 5.28. The Labute approximate surface area is 115 Å². The molecular formula is C10H12ClN3O4S. The van der Waals surface area contributed by atoms with Crippen molar-refractivity contribution in [2.24, 2.45) is 10.2 Å². The van der Waals surface area contributed by atoms with E-state index in [1.165, 1.54) is 24.3 Å². The summed E-state index contributed by atoms with van der Waals surface area (Å²) in [4.78, 5) is 11.1. The molecule has 0 atom stereocenters. The minimum absolute atomic E-state index is 0.0291. The Bertz CT molecular complexity index is 583. The van der Waals surface area contributed by atoms with E-state index in [0.717, 1.165) is 0 Å². The number of carbonyl (C=O) groups excluding carboxylic acids is 1.